The zero-order valence-corrected chi connectivity index (χ0v) is 38.9. The van der Waals surface area contributed by atoms with Crippen molar-refractivity contribution in [2.75, 3.05) is 0 Å². The number of aromatic nitrogens is 2. The second-order valence-electron chi connectivity index (χ2n) is 20.1. The third kappa shape index (κ3) is 5.55. The molecule has 2 heteroatoms. The van der Waals surface area contributed by atoms with Crippen LogP contribution in [0.5, 0.6) is 0 Å². The first kappa shape index (κ1) is 38.9. The molecule has 0 fully saturated rings. The zero-order valence-electron chi connectivity index (χ0n) is 38.9. The summed E-state index contributed by atoms with van der Waals surface area (Å²) in [7, 11) is 0. The van der Waals surface area contributed by atoms with Crippen molar-refractivity contribution in [1.29, 1.82) is 0 Å². The lowest BCUT2D eigenvalue weighted by Crippen LogP contribution is -2.30. The average Bonchev–Trinajstić information content (AvgIpc) is 3.98. The first-order valence-corrected chi connectivity index (χ1v) is 24.7. The van der Waals surface area contributed by atoms with Crippen molar-refractivity contribution in [3.05, 3.63) is 262 Å². The zero-order chi connectivity index (χ0) is 45.5. The Balaban J connectivity index is 0.888. The minimum Gasteiger partial charge on any atom is -0.309 e. The number of hydrogen-bond donors (Lipinski definition) is 0. The van der Waals surface area contributed by atoms with Gasteiger partial charge in [0.25, 0.3) is 0 Å². The van der Waals surface area contributed by atoms with Gasteiger partial charge in [-0.2, -0.15) is 0 Å². The highest BCUT2D eigenvalue weighted by Crippen LogP contribution is 2.58. The first-order valence-electron chi connectivity index (χ1n) is 24.7. The second-order valence-corrected chi connectivity index (χ2v) is 20.1. The fraction of sp³-hybridized carbons (Fsp3) is 0.104. The fourth-order valence-electron chi connectivity index (χ4n) is 12.8. The fourth-order valence-corrected chi connectivity index (χ4v) is 12.8. The van der Waals surface area contributed by atoms with Crippen molar-refractivity contribution in [3.8, 4) is 44.8 Å². The molecule has 2 nitrogen and oxygen atoms in total. The van der Waals surface area contributed by atoms with Gasteiger partial charge < -0.3 is 9.13 Å². The van der Waals surface area contributed by atoms with Gasteiger partial charge in [0, 0.05) is 32.9 Å². The predicted molar refractivity (Wildman–Crippen MR) is 288 cm³/mol. The monoisotopic (exact) mass is 880 g/mol. The summed E-state index contributed by atoms with van der Waals surface area (Å²) in [5.74, 6) is 0. The van der Waals surface area contributed by atoms with Crippen LogP contribution in [-0.2, 0) is 31.1 Å². The lowest BCUT2D eigenvalue weighted by molar-refractivity contribution is 0.739. The van der Waals surface area contributed by atoms with Crippen LogP contribution in [-0.4, -0.2) is 9.13 Å². The van der Waals surface area contributed by atoms with Crippen LogP contribution >= 0.6 is 0 Å². The maximum Gasteiger partial charge on any atom is 0.0714 e. The molecule has 0 spiro atoms. The molecule has 0 radical (unpaired) electrons. The maximum atomic E-state index is 2.55. The van der Waals surface area contributed by atoms with Crippen LogP contribution in [0.25, 0.3) is 88.4 Å². The highest BCUT2D eigenvalue weighted by atomic mass is 15.0. The van der Waals surface area contributed by atoms with Gasteiger partial charge in [-0.1, -0.05) is 145 Å². The summed E-state index contributed by atoms with van der Waals surface area (Å²) >= 11 is 0. The van der Waals surface area contributed by atoms with Crippen molar-refractivity contribution in [2.24, 2.45) is 0 Å². The summed E-state index contributed by atoms with van der Waals surface area (Å²) in [5.41, 5.74) is 28.5. The van der Waals surface area contributed by atoms with E-state index in [1.54, 1.807) is 0 Å². The lowest BCUT2D eigenvalue weighted by atomic mass is 9.65. The van der Waals surface area contributed by atoms with E-state index in [0.29, 0.717) is 0 Å². The topological polar surface area (TPSA) is 9.86 Å². The van der Waals surface area contributed by atoms with E-state index in [-0.39, 0.29) is 0 Å². The highest BCUT2D eigenvalue weighted by Gasteiger charge is 2.47. The van der Waals surface area contributed by atoms with E-state index in [9.17, 15) is 0 Å². The van der Waals surface area contributed by atoms with E-state index < -0.39 is 5.41 Å². The molecule has 0 bridgehead atoms. The van der Waals surface area contributed by atoms with Gasteiger partial charge in [0.05, 0.1) is 27.5 Å². The van der Waals surface area contributed by atoms with Crippen LogP contribution in [0, 0.1) is 13.8 Å². The summed E-state index contributed by atoms with van der Waals surface area (Å²) in [6.07, 6.45) is 4.67. The minimum absolute atomic E-state index is 0.428. The summed E-state index contributed by atoms with van der Waals surface area (Å²) in [6, 6.07) is 79.0. The standard InChI is InChI=1S/C67H48N2/c1-41-16-28-55-56-29-23-49(40-62(56)67(61(55)34-41,51-26-21-43-17-19-45(43)35-51)52-27-22-44-18-20-46(44)36-52)50-32-42(2)33-54(37-50)69-64-15-9-7-13-58(64)60-39-48(25-31-66(60)69)47-24-30-65-59(38-47)57-12-6-8-14-63(57)68(65)53-10-4-3-5-11-53/h3-16,21-40H,17-20H2,1-2H3. The van der Waals surface area contributed by atoms with Crippen molar-refractivity contribution in [3.63, 3.8) is 0 Å². The van der Waals surface area contributed by atoms with Crippen molar-refractivity contribution in [2.45, 2.75) is 44.9 Å². The van der Waals surface area contributed by atoms with Crippen LogP contribution in [0.3, 0.4) is 0 Å². The predicted octanol–water partition coefficient (Wildman–Crippen LogP) is 16.4. The molecule has 12 aromatic rings. The maximum absolute atomic E-state index is 2.55. The molecule has 0 unspecified atom stereocenters. The largest absolute Gasteiger partial charge is 0.309 e. The summed E-state index contributed by atoms with van der Waals surface area (Å²) < 4.78 is 4.88. The van der Waals surface area contributed by atoms with Crippen LogP contribution in [0.15, 0.2) is 206 Å². The van der Waals surface area contributed by atoms with Gasteiger partial charge in [-0.3, -0.25) is 0 Å². The SMILES string of the molecule is Cc1cc(-c2ccc3c(c2)C(c2ccc4c(c2)CC4)(c2ccc4c(c2)CC4)c2cc(C)ccc2-3)cc(-n2c3ccccc3c3cc(-c4ccc5c(c4)c4ccccc4n5-c4ccccc4)ccc32)c1. The first-order chi connectivity index (χ1) is 34.0. The average molecular weight is 881 g/mol. The molecule has 0 saturated heterocycles. The number of aryl methyl sites for hydroxylation is 6. The van der Waals surface area contributed by atoms with Gasteiger partial charge in [0.2, 0.25) is 0 Å². The van der Waals surface area contributed by atoms with Crippen molar-refractivity contribution >= 4 is 43.6 Å². The molecule has 326 valence electrons. The van der Waals surface area contributed by atoms with E-state index in [1.807, 2.05) is 0 Å². The Kier molecular flexibility index (Phi) is 8.11. The number of para-hydroxylation sites is 3. The van der Waals surface area contributed by atoms with Crippen LogP contribution in [0.2, 0.25) is 0 Å². The van der Waals surface area contributed by atoms with Crippen molar-refractivity contribution < 1.29 is 0 Å². The van der Waals surface area contributed by atoms with E-state index in [4.69, 9.17) is 0 Å². The number of nitrogens with zero attached hydrogens (tertiary/aromatic N) is 2. The van der Waals surface area contributed by atoms with Crippen LogP contribution in [0.4, 0.5) is 0 Å². The molecule has 2 aromatic heterocycles. The van der Waals surface area contributed by atoms with E-state index >= 15 is 0 Å². The smallest absolute Gasteiger partial charge is 0.0714 e. The van der Waals surface area contributed by atoms with Gasteiger partial charge in [0.15, 0.2) is 0 Å². The minimum atomic E-state index is -0.428. The van der Waals surface area contributed by atoms with E-state index in [0.717, 1.165) is 12.8 Å². The van der Waals surface area contributed by atoms with Crippen molar-refractivity contribution in [1.82, 2.24) is 9.13 Å². The highest BCUT2D eigenvalue weighted by molar-refractivity contribution is 6.13. The molecule has 69 heavy (non-hydrogen) atoms. The number of hydrogen-bond acceptors (Lipinski definition) is 0. The summed E-state index contributed by atoms with van der Waals surface area (Å²) in [6.45, 7) is 4.51. The van der Waals surface area contributed by atoms with Crippen LogP contribution in [0.1, 0.15) is 55.6 Å². The molecule has 0 saturated carbocycles. The van der Waals surface area contributed by atoms with Gasteiger partial charge in [-0.15, -0.1) is 0 Å². The van der Waals surface area contributed by atoms with E-state index in [2.05, 4.69) is 229 Å². The molecule has 0 aliphatic heterocycles. The molecular formula is C67H48N2. The molecule has 2 heterocycles. The molecule has 3 aliphatic carbocycles. The molecule has 10 aromatic carbocycles. The number of benzene rings is 10. The quantitative estimate of drug-likeness (QED) is 0.157. The normalized spacial score (nSPS) is 14.1. The third-order valence-electron chi connectivity index (χ3n) is 16.2. The Labute approximate surface area is 402 Å². The molecular weight excluding hydrogens is 833 g/mol. The summed E-state index contributed by atoms with van der Waals surface area (Å²) in [5, 5.41) is 5.04. The van der Waals surface area contributed by atoms with Crippen LogP contribution < -0.4 is 0 Å². The Hall–Kier alpha value is -8.20. The van der Waals surface area contributed by atoms with Gasteiger partial charge in [0.1, 0.15) is 0 Å². The number of rotatable bonds is 6. The number of fused-ring (bicyclic) bond motifs is 11. The molecule has 0 N–H and O–H groups in total. The second kappa shape index (κ2) is 14.4. The Morgan fingerprint density at radius 2 is 0.826 bits per heavy atom. The Morgan fingerprint density at radius 1 is 0.319 bits per heavy atom. The Morgan fingerprint density at radius 3 is 1.42 bits per heavy atom. The molecule has 0 amide bonds. The third-order valence-corrected chi connectivity index (χ3v) is 16.2. The lowest BCUT2D eigenvalue weighted by Gasteiger charge is -2.37. The molecule has 0 atom stereocenters. The van der Waals surface area contributed by atoms with Gasteiger partial charge in [-0.25, -0.2) is 0 Å². The van der Waals surface area contributed by atoms with Gasteiger partial charge >= 0.3 is 0 Å². The van der Waals surface area contributed by atoms with Gasteiger partial charge in [-0.05, 0) is 190 Å². The Bertz CT molecular complexity index is 4100. The molecule has 3 aliphatic rings. The van der Waals surface area contributed by atoms with E-state index in [1.165, 1.54) is 157 Å². The summed E-state index contributed by atoms with van der Waals surface area (Å²) in [4.78, 5) is 0. The molecule has 15 rings (SSSR count).